The van der Waals surface area contributed by atoms with Crippen LogP contribution in [-0.2, 0) is 5.41 Å². The van der Waals surface area contributed by atoms with Crippen molar-refractivity contribution < 1.29 is 5.11 Å². The van der Waals surface area contributed by atoms with Gasteiger partial charge in [-0.3, -0.25) is 0 Å². The van der Waals surface area contributed by atoms with Gasteiger partial charge < -0.3 is 5.11 Å². The molecule has 0 aliphatic rings. The lowest BCUT2D eigenvalue weighted by atomic mass is 9.72. The predicted molar refractivity (Wildman–Crippen MR) is 167 cm³/mol. The van der Waals surface area contributed by atoms with E-state index in [9.17, 15) is 5.11 Å². The number of aryl methyl sites for hydroxylation is 1. The third-order valence-corrected chi connectivity index (χ3v) is 7.82. The van der Waals surface area contributed by atoms with Gasteiger partial charge in [0.1, 0.15) is 27.8 Å². The van der Waals surface area contributed by atoms with E-state index in [1.807, 2.05) is 54.6 Å². The lowest BCUT2D eigenvalue weighted by Crippen LogP contribution is -2.25. The Bertz CT molecular complexity index is 1720. The first-order valence-corrected chi connectivity index (χ1v) is 14.5. The molecule has 0 saturated heterocycles. The molecule has 8 heteroatoms. The maximum atomic E-state index is 11.3. The fraction of sp³-hybridized carbons (Fsp3) is 0.273. The standard InChI is InChI=1S/C27H31N3OS.C6H5N3/c1-18-11-13-20(14-12-18)32-24-16-19(27(5,6)17-26(2,3)4)15-23(25(24)31)30-28-21-9-7-8-10-22(21)29-30;1-2-4-6-5(3-1)7-9-8-6/h7-16,31H,17H2,1-6H3;1-4H,(H,7,8,9). The van der Waals surface area contributed by atoms with Gasteiger partial charge in [0.2, 0.25) is 0 Å². The summed E-state index contributed by atoms with van der Waals surface area (Å²) in [4.78, 5) is 3.46. The lowest BCUT2D eigenvalue weighted by molar-refractivity contribution is 0.283. The molecule has 2 heterocycles. The predicted octanol–water partition coefficient (Wildman–Crippen LogP) is 8.26. The molecule has 41 heavy (non-hydrogen) atoms. The van der Waals surface area contributed by atoms with Crippen molar-refractivity contribution in [1.82, 2.24) is 30.4 Å². The summed E-state index contributed by atoms with van der Waals surface area (Å²) in [7, 11) is 0. The van der Waals surface area contributed by atoms with E-state index >= 15 is 0 Å². The van der Waals surface area contributed by atoms with E-state index in [-0.39, 0.29) is 16.6 Å². The fourth-order valence-electron chi connectivity index (χ4n) is 5.13. The zero-order chi connectivity index (χ0) is 29.2. The average molecular weight is 565 g/mol. The minimum absolute atomic E-state index is 0.0874. The quantitative estimate of drug-likeness (QED) is 0.219. The van der Waals surface area contributed by atoms with Crippen molar-refractivity contribution in [2.75, 3.05) is 0 Å². The first-order valence-electron chi connectivity index (χ1n) is 13.7. The first kappa shape index (κ1) is 28.4. The van der Waals surface area contributed by atoms with Gasteiger partial charge in [-0.1, -0.05) is 88.3 Å². The van der Waals surface area contributed by atoms with Gasteiger partial charge in [0.15, 0.2) is 5.75 Å². The number of hydrogen-bond donors (Lipinski definition) is 2. The summed E-state index contributed by atoms with van der Waals surface area (Å²) in [5, 5.41) is 30.9. The molecule has 0 saturated carbocycles. The highest BCUT2D eigenvalue weighted by molar-refractivity contribution is 7.99. The summed E-state index contributed by atoms with van der Waals surface area (Å²) in [6.45, 7) is 13.4. The van der Waals surface area contributed by atoms with Crippen molar-refractivity contribution in [3.8, 4) is 11.4 Å². The van der Waals surface area contributed by atoms with Crippen LogP contribution in [-0.4, -0.2) is 35.5 Å². The molecule has 0 amide bonds. The number of phenolic OH excluding ortho intramolecular Hbond substituents is 1. The summed E-state index contributed by atoms with van der Waals surface area (Å²) < 4.78 is 0. The highest BCUT2D eigenvalue weighted by atomic mass is 32.2. The van der Waals surface area contributed by atoms with Crippen LogP contribution in [0.3, 0.4) is 0 Å². The number of H-pyrrole nitrogens is 1. The van der Waals surface area contributed by atoms with Gasteiger partial charge in [0.05, 0.1) is 4.90 Å². The zero-order valence-electron chi connectivity index (χ0n) is 24.4. The van der Waals surface area contributed by atoms with E-state index in [2.05, 4.69) is 97.5 Å². The molecular weight excluding hydrogens is 528 g/mol. The van der Waals surface area contributed by atoms with Crippen LogP contribution in [0.5, 0.6) is 5.75 Å². The van der Waals surface area contributed by atoms with Crippen molar-refractivity contribution in [3.05, 3.63) is 96.1 Å². The molecule has 0 bridgehead atoms. The van der Waals surface area contributed by atoms with Gasteiger partial charge >= 0.3 is 0 Å². The smallest absolute Gasteiger partial charge is 0.157 e. The van der Waals surface area contributed by atoms with E-state index in [0.29, 0.717) is 5.69 Å². The molecule has 0 spiro atoms. The largest absolute Gasteiger partial charge is 0.504 e. The van der Waals surface area contributed by atoms with Gasteiger partial charge in [-0.2, -0.15) is 15.4 Å². The maximum Gasteiger partial charge on any atom is 0.157 e. The van der Waals surface area contributed by atoms with Gasteiger partial charge in [-0.25, -0.2) is 0 Å². The third kappa shape index (κ3) is 6.77. The van der Waals surface area contributed by atoms with Crippen LogP contribution >= 0.6 is 11.8 Å². The van der Waals surface area contributed by atoms with E-state index in [1.54, 1.807) is 16.6 Å². The molecule has 0 unspecified atom stereocenters. The summed E-state index contributed by atoms with van der Waals surface area (Å²) in [5.74, 6) is 0.200. The van der Waals surface area contributed by atoms with E-state index < -0.39 is 0 Å². The molecule has 6 aromatic rings. The average Bonchev–Trinajstić information content (AvgIpc) is 3.57. The van der Waals surface area contributed by atoms with Crippen molar-refractivity contribution in [3.63, 3.8) is 0 Å². The van der Waals surface area contributed by atoms with E-state index in [4.69, 9.17) is 0 Å². The van der Waals surface area contributed by atoms with Crippen LogP contribution < -0.4 is 0 Å². The molecule has 0 atom stereocenters. The maximum absolute atomic E-state index is 11.3. The van der Waals surface area contributed by atoms with Gasteiger partial charge in [-0.05, 0) is 78.3 Å². The number of aromatic hydroxyl groups is 1. The van der Waals surface area contributed by atoms with Gasteiger partial charge in [-0.15, -0.1) is 15.0 Å². The number of aromatic nitrogens is 6. The van der Waals surface area contributed by atoms with Crippen LogP contribution in [0.15, 0.2) is 94.7 Å². The lowest BCUT2D eigenvalue weighted by Gasteiger charge is -2.33. The molecule has 7 nitrogen and oxygen atoms in total. The minimum atomic E-state index is -0.0874. The second kappa shape index (κ2) is 11.4. The number of para-hydroxylation sites is 2. The number of rotatable bonds is 5. The number of aromatic amines is 1. The molecule has 0 radical (unpaired) electrons. The molecule has 2 N–H and O–H groups in total. The van der Waals surface area contributed by atoms with Crippen molar-refractivity contribution in [1.29, 1.82) is 0 Å². The fourth-order valence-corrected chi connectivity index (χ4v) is 6.04. The Morgan fingerprint density at radius 1 is 0.756 bits per heavy atom. The van der Waals surface area contributed by atoms with Crippen LogP contribution in [0.2, 0.25) is 0 Å². The monoisotopic (exact) mass is 564 g/mol. The summed E-state index contributed by atoms with van der Waals surface area (Å²) in [5.41, 5.74) is 6.51. The Kier molecular flexibility index (Phi) is 7.87. The van der Waals surface area contributed by atoms with Gasteiger partial charge in [0, 0.05) is 4.90 Å². The van der Waals surface area contributed by atoms with Gasteiger partial charge in [0.25, 0.3) is 0 Å². The number of phenols is 1. The summed E-state index contributed by atoms with van der Waals surface area (Å²) in [6, 6.07) is 28.0. The topological polar surface area (TPSA) is 92.5 Å². The number of nitrogens with one attached hydrogen (secondary N) is 1. The number of fused-ring (bicyclic) bond motifs is 2. The second-order valence-electron chi connectivity index (χ2n) is 12.2. The Labute approximate surface area is 245 Å². The minimum Gasteiger partial charge on any atom is -0.504 e. The Balaban J connectivity index is 0.000000315. The van der Waals surface area contributed by atoms with E-state index in [0.717, 1.165) is 43.8 Å². The number of nitrogens with zero attached hydrogens (tertiary/aromatic N) is 5. The Hall–Kier alpha value is -4.17. The highest BCUT2D eigenvalue weighted by Gasteiger charge is 2.29. The molecule has 210 valence electrons. The third-order valence-electron chi connectivity index (χ3n) is 6.78. The SMILES string of the molecule is Cc1ccc(Sc2cc(C(C)(C)CC(C)(C)C)cc(-n3nc4ccccc4n3)c2O)cc1.c1ccc2n[nH]nc2c1. The zero-order valence-corrected chi connectivity index (χ0v) is 25.2. The van der Waals surface area contributed by atoms with Crippen LogP contribution in [0.1, 0.15) is 52.2 Å². The molecule has 0 fully saturated rings. The van der Waals surface area contributed by atoms with Crippen LogP contribution in [0.4, 0.5) is 0 Å². The van der Waals surface area contributed by atoms with Crippen LogP contribution in [0.25, 0.3) is 27.8 Å². The Morgan fingerprint density at radius 2 is 1.29 bits per heavy atom. The molecule has 0 aliphatic heterocycles. The number of hydrogen-bond acceptors (Lipinski definition) is 6. The molecule has 4 aromatic carbocycles. The van der Waals surface area contributed by atoms with Crippen molar-refractivity contribution in [2.45, 2.75) is 63.2 Å². The van der Waals surface area contributed by atoms with E-state index in [1.165, 1.54) is 5.56 Å². The second-order valence-corrected chi connectivity index (χ2v) is 13.3. The number of benzene rings is 4. The highest BCUT2D eigenvalue weighted by Crippen LogP contribution is 2.44. The summed E-state index contributed by atoms with van der Waals surface area (Å²) >= 11 is 1.57. The summed E-state index contributed by atoms with van der Waals surface area (Å²) in [6.07, 6.45) is 1.01. The molecule has 2 aromatic heterocycles. The van der Waals surface area contributed by atoms with Crippen molar-refractivity contribution in [2.24, 2.45) is 5.41 Å². The Morgan fingerprint density at radius 3 is 1.83 bits per heavy atom. The normalized spacial score (nSPS) is 12.0. The first-order chi connectivity index (χ1) is 19.5. The van der Waals surface area contributed by atoms with Crippen molar-refractivity contribution >= 4 is 33.8 Å². The molecule has 0 aliphatic carbocycles. The molecular formula is C33H36N6OS. The molecule has 6 rings (SSSR count). The van der Waals surface area contributed by atoms with Crippen LogP contribution in [0, 0.1) is 12.3 Å².